The second-order valence-corrected chi connectivity index (χ2v) is 8.26. The van der Waals surface area contributed by atoms with Gasteiger partial charge in [-0.25, -0.2) is 9.97 Å². The Bertz CT molecular complexity index is 779. The van der Waals surface area contributed by atoms with Crippen molar-refractivity contribution in [3.63, 3.8) is 0 Å². The second-order valence-electron chi connectivity index (χ2n) is 7.32. The number of thioether (sulfide) groups is 1. The van der Waals surface area contributed by atoms with Gasteiger partial charge in [0.15, 0.2) is 5.16 Å². The molecule has 158 valence electrons. The lowest BCUT2D eigenvalue weighted by Gasteiger charge is -2.18. The predicted octanol–water partition coefficient (Wildman–Crippen LogP) is 3.47. The van der Waals surface area contributed by atoms with Crippen molar-refractivity contribution in [3.8, 4) is 0 Å². The van der Waals surface area contributed by atoms with Crippen LogP contribution in [-0.2, 0) is 12.2 Å². The molecule has 6 nitrogen and oxygen atoms in total. The molecule has 1 aromatic carbocycles. The van der Waals surface area contributed by atoms with E-state index in [2.05, 4.69) is 42.2 Å². The Hall–Kier alpha value is -2.12. The molecule has 0 unspecified atom stereocenters. The van der Waals surface area contributed by atoms with Crippen LogP contribution in [0.3, 0.4) is 0 Å². The molecular weight excluding hydrogens is 382 g/mol. The van der Waals surface area contributed by atoms with Crippen LogP contribution in [0, 0.1) is 0 Å². The van der Waals surface area contributed by atoms with E-state index in [-0.39, 0.29) is 5.91 Å². The summed E-state index contributed by atoms with van der Waals surface area (Å²) in [5.74, 6) is 1.71. The molecule has 1 aromatic heterocycles. The minimum Gasteiger partial charge on any atom is -0.360 e. The number of anilines is 1. The van der Waals surface area contributed by atoms with Crippen molar-refractivity contribution >= 4 is 23.5 Å². The van der Waals surface area contributed by atoms with Gasteiger partial charge in [-0.3, -0.25) is 4.79 Å². The molecule has 2 aromatic rings. The van der Waals surface area contributed by atoms with Crippen molar-refractivity contribution in [2.45, 2.75) is 37.6 Å². The van der Waals surface area contributed by atoms with Crippen LogP contribution in [0.25, 0.3) is 0 Å². The van der Waals surface area contributed by atoms with Gasteiger partial charge in [0.2, 0.25) is 0 Å². The molecule has 0 atom stereocenters. The van der Waals surface area contributed by atoms with Crippen molar-refractivity contribution in [1.29, 1.82) is 0 Å². The van der Waals surface area contributed by atoms with Crippen molar-refractivity contribution in [3.05, 3.63) is 47.2 Å². The van der Waals surface area contributed by atoms with Gasteiger partial charge in [-0.2, -0.15) is 0 Å². The first-order valence-electron chi connectivity index (χ1n) is 10.2. The van der Waals surface area contributed by atoms with E-state index in [1.165, 1.54) is 0 Å². The number of rotatable bonds is 11. The number of hydrogen-bond acceptors (Lipinski definition) is 6. The molecule has 1 N–H and O–H groups in total. The number of likely N-dealkylation sites (N-methyl/N-ethyl adjacent to an activating group) is 1. The molecule has 7 heteroatoms. The lowest BCUT2D eigenvalue weighted by molar-refractivity contribution is 0.0951. The van der Waals surface area contributed by atoms with Crippen molar-refractivity contribution in [2.24, 2.45) is 0 Å². The van der Waals surface area contributed by atoms with E-state index in [1.807, 2.05) is 43.3 Å². The zero-order valence-electron chi connectivity index (χ0n) is 18.2. The third-order valence-electron chi connectivity index (χ3n) is 4.49. The molecule has 0 fully saturated rings. The monoisotopic (exact) mass is 415 g/mol. The Kier molecular flexibility index (Phi) is 9.41. The largest absolute Gasteiger partial charge is 0.360 e. The summed E-state index contributed by atoms with van der Waals surface area (Å²) in [5.41, 5.74) is 2.89. The fraction of sp³-hybridized carbons (Fsp3) is 0.500. The highest BCUT2D eigenvalue weighted by Crippen LogP contribution is 2.23. The van der Waals surface area contributed by atoms with Crippen molar-refractivity contribution in [2.75, 3.05) is 45.7 Å². The maximum Gasteiger partial charge on any atom is 0.251 e. The Labute approximate surface area is 179 Å². The Balaban J connectivity index is 1.97. The first-order valence-corrected chi connectivity index (χ1v) is 11.1. The molecule has 0 saturated heterocycles. The van der Waals surface area contributed by atoms with Gasteiger partial charge in [0.25, 0.3) is 5.91 Å². The van der Waals surface area contributed by atoms with Crippen LogP contribution < -0.4 is 10.2 Å². The fourth-order valence-electron chi connectivity index (χ4n) is 2.75. The van der Waals surface area contributed by atoms with Gasteiger partial charge in [0, 0.05) is 49.8 Å². The summed E-state index contributed by atoms with van der Waals surface area (Å²) < 4.78 is 0. The molecule has 0 radical (unpaired) electrons. The van der Waals surface area contributed by atoms with Crippen LogP contribution in [0.15, 0.2) is 35.5 Å². The minimum absolute atomic E-state index is 0.0337. The molecule has 2 rings (SSSR count). The smallest absolute Gasteiger partial charge is 0.251 e. The van der Waals surface area contributed by atoms with Gasteiger partial charge in [0.1, 0.15) is 5.82 Å². The SMILES string of the molecule is CCCN(C)c1cc(CC)nc(SCc2ccc(C(=O)NCCN(C)C)cc2)n1. The third kappa shape index (κ3) is 7.66. The average Bonchev–Trinajstić information content (AvgIpc) is 2.72. The van der Waals surface area contributed by atoms with Crippen LogP contribution in [-0.4, -0.2) is 61.6 Å². The average molecular weight is 416 g/mol. The Morgan fingerprint density at radius 3 is 2.41 bits per heavy atom. The molecule has 1 amide bonds. The summed E-state index contributed by atoms with van der Waals surface area (Å²) in [4.78, 5) is 25.8. The Morgan fingerprint density at radius 1 is 1.07 bits per heavy atom. The van der Waals surface area contributed by atoms with E-state index in [1.54, 1.807) is 11.8 Å². The summed E-state index contributed by atoms with van der Waals surface area (Å²) in [5, 5.41) is 3.74. The summed E-state index contributed by atoms with van der Waals surface area (Å²) in [6.45, 7) is 6.72. The van der Waals surface area contributed by atoms with Gasteiger partial charge >= 0.3 is 0 Å². The van der Waals surface area contributed by atoms with Gasteiger partial charge in [0.05, 0.1) is 0 Å². The number of amides is 1. The maximum atomic E-state index is 12.2. The first kappa shape index (κ1) is 23.2. The third-order valence-corrected chi connectivity index (χ3v) is 5.40. The summed E-state index contributed by atoms with van der Waals surface area (Å²) >= 11 is 1.63. The van der Waals surface area contributed by atoms with Gasteiger partial charge in [-0.1, -0.05) is 37.7 Å². The van der Waals surface area contributed by atoms with Crippen molar-refractivity contribution in [1.82, 2.24) is 20.2 Å². The standard InChI is InChI=1S/C22H33N5OS/c1-6-13-27(5)20-15-19(7-2)24-22(25-20)29-16-17-8-10-18(11-9-17)21(28)23-12-14-26(3)4/h8-11,15H,6-7,12-14,16H2,1-5H3,(H,23,28). The minimum atomic E-state index is -0.0337. The zero-order chi connectivity index (χ0) is 21.2. The molecule has 0 saturated carbocycles. The highest BCUT2D eigenvalue weighted by atomic mass is 32.2. The summed E-state index contributed by atoms with van der Waals surface area (Å²) in [7, 11) is 6.05. The number of benzene rings is 1. The first-order chi connectivity index (χ1) is 13.9. The van der Waals surface area contributed by atoms with E-state index in [0.717, 1.165) is 53.9 Å². The van der Waals surface area contributed by atoms with Crippen LogP contribution in [0.1, 0.15) is 41.9 Å². The quantitative estimate of drug-likeness (QED) is 0.448. The summed E-state index contributed by atoms with van der Waals surface area (Å²) in [6, 6.07) is 9.84. The number of carbonyl (C=O) groups excluding carboxylic acids is 1. The zero-order valence-corrected chi connectivity index (χ0v) is 19.1. The van der Waals surface area contributed by atoms with E-state index in [9.17, 15) is 4.79 Å². The molecule has 0 aliphatic heterocycles. The second kappa shape index (κ2) is 11.8. The number of nitrogens with one attached hydrogen (secondary N) is 1. The van der Waals surface area contributed by atoms with Gasteiger partial charge in [-0.05, 0) is 44.6 Å². The maximum absolute atomic E-state index is 12.2. The highest BCUT2D eigenvalue weighted by Gasteiger charge is 2.09. The Morgan fingerprint density at radius 2 is 1.79 bits per heavy atom. The molecule has 0 spiro atoms. The number of aromatic nitrogens is 2. The number of nitrogens with zero attached hydrogens (tertiary/aromatic N) is 4. The van der Waals surface area contributed by atoms with Crippen LogP contribution in [0.4, 0.5) is 5.82 Å². The van der Waals surface area contributed by atoms with E-state index >= 15 is 0 Å². The molecule has 1 heterocycles. The highest BCUT2D eigenvalue weighted by molar-refractivity contribution is 7.98. The van der Waals surface area contributed by atoms with Crippen molar-refractivity contribution < 1.29 is 4.79 Å². The molecule has 0 bridgehead atoms. The molecule has 0 aliphatic rings. The van der Waals surface area contributed by atoms with E-state index in [0.29, 0.717) is 12.1 Å². The fourth-order valence-corrected chi connectivity index (χ4v) is 3.57. The molecule has 29 heavy (non-hydrogen) atoms. The van der Waals surface area contributed by atoms with Gasteiger partial charge in [-0.15, -0.1) is 0 Å². The van der Waals surface area contributed by atoms with E-state index in [4.69, 9.17) is 4.98 Å². The lowest BCUT2D eigenvalue weighted by atomic mass is 10.1. The normalized spacial score (nSPS) is 11.0. The molecule has 0 aliphatic carbocycles. The van der Waals surface area contributed by atoms with Gasteiger partial charge < -0.3 is 15.1 Å². The van der Waals surface area contributed by atoms with E-state index < -0.39 is 0 Å². The lowest BCUT2D eigenvalue weighted by Crippen LogP contribution is -2.31. The number of aryl methyl sites for hydroxylation is 1. The van der Waals surface area contributed by atoms with Crippen LogP contribution >= 0.6 is 11.8 Å². The number of carbonyl (C=O) groups is 1. The number of hydrogen-bond donors (Lipinski definition) is 1. The van der Waals surface area contributed by atoms with Crippen LogP contribution in [0.2, 0.25) is 0 Å². The molecular formula is C22H33N5OS. The summed E-state index contributed by atoms with van der Waals surface area (Å²) in [6.07, 6.45) is 1.97. The predicted molar refractivity (Wildman–Crippen MR) is 122 cm³/mol. The van der Waals surface area contributed by atoms with Crippen LogP contribution in [0.5, 0.6) is 0 Å². The topological polar surface area (TPSA) is 61.4 Å².